The van der Waals surface area contributed by atoms with Crippen molar-refractivity contribution in [3.8, 4) is 5.75 Å². The number of rotatable bonds is 10. The zero-order chi connectivity index (χ0) is 21.2. The molecule has 2 rings (SSSR count). The molecule has 0 saturated heterocycles. The van der Waals surface area contributed by atoms with Gasteiger partial charge in [0.25, 0.3) is 0 Å². The van der Waals surface area contributed by atoms with Crippen LogP contribution in [0.3, 0.4) is 0 Å². The van der Waals surface area contributed by atoms with Crippen LogP contribution in [-0.2, 0) is 21.9 Å². The first-order valence-electron chi connectivity index (χ1n) is 9.44. The Morgan fingerprint density at radius 1 is 1.10 bits per heavy atom. The zero-order valence-electron chi connectivity index (χ0n) is 17.0. The largest absolute Gasteiger partial charge is 0.497 e. The number of carbonyl (C=O) groups is 2. The van der Waals surface area contributed by atoms with Gasteiger partial charge in [-0.1, -0.05) is 31.2 Å². The first kappa shape index (κ1) is 22.7. The molecule has 0 spiro atoms. The van der Waals surface area contributed by atoms with Crippen LogP contribution >= 0.6 is 11.8 Å². The van der Waals surface area contributed by atoms with Crippen LogP contribution in [0.2, 0.25) is 0 Å². The smallest absolute Gasteiger partial charge is 0.242 e. The molecule has 0 aliphatic heterocycles. The van der Waals surface area contributed by atoms with Gasteiger partial charge in [-0.05, 0) is 41.8 Å². The third-order valence-electron chi connectivity index (χ3n) is 4.55. The van der Waals surface area contributed by atoms with Crippen molar-refractivity contribution in [3.63, 3.8) is 0 Å². The molecule has 2 aromatic rings. The van der Waals surface area contributed by atoms with Gasteiger partial charge in [0.15, 0.2) is 0 Å². The van der Waals surface area contributed by atoms with Crippen LogP contribution in [-0.4, -0.2) is 42.7 Å². The summed E-state index contributed by atoms with van der Waals surface area (Å²) >= 11 is 1.45. The number of hydrogen-bond acceptors (Lipinski definition) is 4. The molecule has 2 amide bonds. The van der Waals surface area contributed by atoms with Gasteiger partial charge in [-0.15, -0.1) is 11.8 Å². The summed E-state index contributed by atoms with van der Waals surface area (Å²) in [6.45, 7) is 2.23. The van der Waals surface area contributed by atoms with Crippen LogP contribution in [0.25, 0.3) is 0 Å². The minimum absolute atomic E-state index is 0.108. The number of nitrogens with zero attached hydrogens (tertiary/aromatic N) is 1. The summed E-state index contributed by atoms with van der Waals surface area (Å²) in [5.41, 5.74) is 1.87. The Balaban J connectivity index is 2.08. The molecule has 0 aliphatic carbocycles. The van der Waals surface area contributed by atoms with Gasteiger partial charge in [-0.2, -0.15) is 0 Å². The molecule has 0 unspecified atom stereocenters. The van der Waals surface area contributed by atoms with Crippen molar-refractivity contribution in [2.75, 3.05) is 19.9 Å². The molecule has 1 N–H and O–H groups in total. The second-order valence-electron chi connectivity index (χ2n) is 6.53. The van der Waals surface area contributed by atoms with Gasteiger partial charge in [0.1, 0.15) is 17.6 Å². The fraction of sp³-hybridized carbons (Fsp3) is 0.364. The molecular formula is C22H27FN2O3S. The molecule has 0 radical (unpaired) electrons. The Morgan fingerprint density at radius 3 is 2.28 bits per heavy atom. The Morgan fingerprint density at radius 2 is 1.72 bits per heavy atom. The highest BCUT2D eigenvalue weighted by molar-refractivity contribution is 7.99. The van der Waals surface area contributed by atoms with E-state index in [4.69, 9.17) is 4.74 Å². The molecule has 7 heteroatoms. The van der Waals surface area contributed by atoms with Crippen LogP contribution in [0.5, 0.6) is 5.75 Å². The van der Waals surface area contributed by atoms with Gasteiger partial charge in [-0.25, -0.2) is 4.39 Å². The summed E-state index contributed by atoms with van der Waals surface area (Å²) in [5.74, 6) is 0.998. The molecule has 0 heterocycles. The van der Waals surface area contributed by atoms with E-state index in [0.717, 1.165) is 16.9 Å². The van der Waals surface area contributed by atoms with Gasteiger partial charge in [-0.3, -0.25) is 9.59 Å². The van der Waals surface area contributed by atoms with E-state index in [2.05, 4.69) is 5.32 Å². The quantitative estimate of drug-likeness (QED) is 0.640. The minimum atomic E-state index is -0.541. The van der Waals surface area contributed by atoms with Gasteiger partial charge >= 0.3 is 0 Å². The highest BCUT2D eigenvalue weighted by Crippen LogP contribution is 2.19. The lowest BCUT2D eigenvalue weighted by molar-refractivity contribution is -0.139. The molecule has 2 aromatic carbocycles. The van der Waals surface area contributed by atoms with Crippen molar-refractivity contribution >= 4 is 23.6 Å². The average Bonchev–Trinajstić information content (AvgIpc) is 2.75. The maximum Gasteiger partial charge on any atom is 0.242 e. The number of nitrogens with one attached hydrogen (secondary N) is 1. The maximum absolute atomic E-state index is 13.0. The SMILES string of the molecule is CC[C@H](C(=O)NC)N(Cc1ccc(OC)cc1)C(=O)CSCc1ccc(F)cc1. The number of hydrogen-bond donors (Lipinski definition) is 1. The molecule has 5 nitrogen and oxygen atoms in total. The summed E-state index contributed by atoms with van der Waals surface area (Å²) in [6.07, 6.45) is 0.518. The van der Waals surface area contributed by atoms with E-state index in [1.807, 2.05) is 31.2 Å². The van der Waals surface area contributed by atoms with E-state index in [1.165, 1.54) is 23.9 Å². The fourth-order valence-electron chi connectivity index (χ4n) is 2.93. The Labute approximate surface area is 175 Å². The molecular weight excluding hydrogens is 391 g/mol. The molecule has 0 aliphatic rings. The van der Waals surface area contributed by atoms with Crippen LogP contribution in [0.15, 0.2) is 48.5 Å². The topological polar surface area (TPSA) is 58.6 Å². The van der Waals surface area contributed by atoms with E-state index >= 15 is 0 Å². The van der Waals surface area contributed by atoms with Crippen molar-refractivity contribution in [2.45, 2.75) is 31.7 Å². The lowest BCUT2D eigenvalue weighted by Crippen LogP contribution is -2.48. The summed E-state index contributed by atoms with van der Waals surface area (Å²) in [5, 5.41) is 2.65. The highest BCUT2D eigenvalue weighted by atomic mass is 32.2. The Kier molecular flexibility index (Phi) is 8.99. The highest BCUT2D eigenvalue weighted by Gasteiger charge is 2.27. The average molecular weight is 419 g/mol. The molecule has 29 heavy (non-hydrogen) atoms. The van der Waals surface area contributed by atoms with E-state index in [0.29, 0.717) is 18.7 Å². The van der Waals surface area contributed by atoms with Gasteiger partial charge in [0, 0.05) is 19.3 Å². The van der Waals surface area contributed by atoms with Crippen molar-refractivity contribution < 1.29 is 18.7 Å². The number of carbonyl (C=O) groups excluding carboxylic acids is 2. The summed E-state index contributed by atoms with van der Waals surface area (Å²) in [7, 11) is 3.17. The second-order valence-corrected chi connectivity index (χ2v) is 7.51. The lowest BCUT2D eigenvalue weighted by atomic mass is 10.1. The third kappa shape index (κ3) is 6.78. The number of thioether (sulfide) groups is 1. The summed E-state index contributed by atoms with van der Waals surface area (Å²) < 4.78 is 18.2. The number of methoxy groups -OCH3 is 1. The standard InChI is InChI=1S/C22H27FN2O3S/c1-4-20(22(27)24-2)25(13-16-7-11-19(28-3)12-8-16)21(26)15-29-14-17-5-9-18(23)10-6-17/h5-12,20H,4,13-15H2,1-3H3,(H,24,27)/t20-/m1/s1. The number of ether oxygens (including phenoxy) is 1. The second kappa shape index (κ2) is 11.5. The molecule has 156 valence electrons. The normalized spacial score (nSPS) is 11.6. The fourth-order valence-corrected chi connectivity index (χ4v) is 3.80. The number of benzene rings is 2. The first-order chi connectivity index (χ1) is 14.0. The molecule has 0 bridgehead atoms. The molecule has 0 fully saturated rings. The predicted molar refractivity (Wildman–Crippen MR) is 114 cm³/mol. The molecule has 1 atom stereocenters. The maximum atomic E-state index is 13.0. The molecule has 0 saturated carbocycles. The van der Waals surface area contributed by atoms with E-state index in [9.17, 15) is 14.0 Å². The summed E-state index contributed by atoms with van der Waals surface area (Å²) in [4.78, 5) is 26.9. The van der Waals surface area contributed by atoms with Crippen molar-refractivity contribution in [1.29, 1.82) is 0 Å². The van der Waals surface area contributed by atoms with E-state index < -0.39 is 6.04 Å². The van der Waals surface area contributed by atoms with Crippen molar-refractivity contribution in [3.05, 3.63) is 65.5 Å². The van der Waals surface area contributed by atoms with Crippen LogP contribution in [0, 0.1) is 5.82 Å². The van der Waals surface area contributed by atoms with Gasteiger partial charge in [0.2, 0.25) is 11.8 Å². The Bertz CT molecular complexity index is 797. The number of likely N-dealkylation sites (N-methyl/N-ethyl adjacent to an activating group) is 1. The van der Waals surface area contributed by atoms with Crippen molar-refractivity contribution in [2.24, 2.45) is 0 Å². The van der Waals surface area contributed by atoms with Gasteiger partial charge < -0.3 is 15.0 Å². The summed E-state index contributed by atoms with van der Waals surface area (Å²) in [6, 6.07) is 13.1. The van der Waals surface area contributed by atoms with E-state index in [1.54, 1.807) is 31.2 Å². The van der Waals surface area contributed by atoms with E-state index in [-0.39, 0.29) is 23.4 Å². The van der Waals surface area contributed by atoms with Gasteiger partial charge in [0.05, 0.1) is 12.9 Å². The number of amides is 2. The predicted octanol–water partition coefficient (Wildman–Crippen LogP) is 3.62. The lowest BCUT2D eigenvalue weighted by Gasteiger charge is -2.30. The van der Waals surface area contributed by atoms with Crippen LogP contribution in [0.4, 0.5) is 4.39 Å². The minimum Gasteiger partial charge on any atom is -0.497 e. The van der Waals surface area contributed by atoms with Crippen LogP contribution in [0.1, 0.15) is 24.5 Å². The van der Waals surface area contributed by atoms with Crippen molar-refractivity contribution in [1.82, 2.24) is 10.2 Å². The third-order valence-corrected chi connectivity index (χ3v) is 5.54. The monoisotopic (exact) mass is 418 g/mol. The van der Waals surface area contributed by atoms with Crippen LogP contribution < -0.4 is 10.1 Å². The molecule has 0 aromatic heterocycles. The Hall–Kier alpha value is -2.54. The zero-order valence-corrected chi connectivity index (χ0v) is 17.8. The first-order valence-corrected chi connectivity index (χ1v) is 10.6. The number of halogens is 1.